The van der Waals surface area contributed by atoms with Crippen molar-refractivity contribution in [1.82, 2.24) is 5.32 Å². The Kier molecular flexibility index (Phi) is 3.85. The minimum atomic E-state index is -0.446. The lowest BCUT2D eigenvalue weighted by Crippen LogP contribution is -2.37. The van der Waals surface area contributed by atoms with Gasteiger partial charge >= 0.3 is 0 Å². The predicted molar refractivity (Wildman–Crippen MR) is 71.0 cm³/mol. The maximum absolute atomic E-state index is 10.2. The molecule has 2 nitrogen and oxygen atoms in total. The number of aliphatic hydroxyl groups is 1. The summed E-state index contributed by atoms with van der Waals surface area (Å²) >= 11 is 0. The highest BCUT2D eigenvalue weighted by Gasteiger charge is 2.30. The normalized spacial score (nSPS) is 18.5. The molecule has 0 radical (unpaired) electrons. The first kappa shape index (κ1) is 12.6. The fourth-order valence-electron chi connectivity index (χ4n) is 2.68. The lowest BCUT2D eigenvalue weighted by atomic mass is 10.0. The zero-order valence-electron chi connectivity index (χ0n) is 10.9. The van der Waals surface area contributed by atoms with Gasteiger partial charge in [0, 0.05) is 13.1 Å². The third kappa shape index (κ3) is 3.30. The quantitative estimate of drug-likeness (QED) is 0.838. The molecule has 94 valence electrons. The van der Waals surface area contributed by atoms with Gasteiger partial charge in [0.2, 0.25) is 0 Å². The number of aryl methyl sites for hydroxylation is 2. The van der Waals surface area contributed by atoms with Crippen LogP contribution >= 0.6 is 0 Å². The summed E-state index contributed by atoms with van der Waals surface area (Å²) in [5, 5.41) is 13.6. The Bertz CT molecular complexity index is 381. The van der Waals surface area contributed by atoms with Gasteiger partial charge < -0.3 is 10.4 Å². The largest absolute Gasteiger partial charge is 0.389 e. The third-order valence-corrected chi connectivity index (χ3v) is 3.80. The van der Waals surface area contributed by atoms with Gasteiger partial charge in [0.05, 0.1) is 5.60 Å². The Morgan fingerprint density at radius 1 is 1.24 bits per heavy atom. The van der Waals surface area contributed by atoms with E-state index in [0.29, 0.717) is 0 Å². The molecule has 2 N–H and O–H groups in total. The van der Waals surface area contributed by atoms with Gasteiger partial charge in [-0.05, 0) is 37.8 Å². The van der Waals surface area contributed by atoms with Crippen LogP contribution in [-0.2, 0) is 6.54 Å². The zero-order chi connectivity index (χ0) is 12.3. The smallest absolute Gasteiger partial charge is 0.0771 e. The Morgan fingerprint density at radius 2 is 1.94 bits per heavy atom. The van der Waals surface area contributed by atoms with Crippen LogP contribution in [0.4, 0.5) is 0 Å². The monoisotopic (exact) mass is 233 g/mol. The Labute approximate surface area is 104 Å². The SMILES string of the molecule is Cc1ccc(CNCC2(O)CCCC2)c(C)c1. The minimum Gasteiger partial charge on any atom is -0.389 e. The molecule has 0 heterocycles. The number of rotatable bonds is 4. The van der Waals surface area contributed by atoms with E-state index < -0.39 is 5.60 Å². The van der Waals surface area contributed by atoms with Crippen LogP contribution < -0.4 is 5.32 Å². The second-order valence-corrected chi connectivity index (χ2v) is 5.46. The number of benzene rings is 1. The highest BCUT2D eigenvalue weighted by atomic mass is 16.3. The van der Waals surface area contributed by atoms with Crippen LogP contribution in [0.3, 0.4) is 0 Å². The van der Waals surface area contributed by atoms with Gasteiger partial charge in [-0.15, -0.1) is 0 Å². The molecule has 2 rings (SSSR count). The number of hydrogen-bond acceptors (Lipinski definition) is 2. The van der Waals surface area contributed by atoms with Crippen LogP contribution in [0.1, 0.15) is 42.4 Å². The van der Waals surface area contributed by atoms with Crippen molar-refractivity contribution in [3.8, 4) is 0 Å². The second-order valence-electron chi connectivity index (χ2n) is 5.46. The lowest BCUT2D eigenvalue weighted by molar-refractivity contribution is 0.0474. The first-order valence-corrected chi connectivity index (χ1v) is 6.58. The molecular formula is C15H23NO. The van der Waals surface area contributed by atoms with E-state index in [1.807, 2.05) is 0 Å². The van der Waals surface area contributed by atoms with Crippen LogP contribution in [0.2, 0.25) is 0 Å². The molecular weight excluding hydrogens is 210 g/mol. The first-order valence-electron chi connectivity index (χ1n) is 6.58. The van der Waals surface area contributed by atoms with Crippen LogP contribution in [0.5, 0.6) is 0 Å². The Morgan fingerprint density at radius 3 is 2.59 bits per heavy atom. The standard InChI is InChI=1S/C15H23NO/c1-12-5-6-14(13(2)9-12)10-16-11-15(17)7-3-4-8-15/h5-6,9,16-17H,3-4,7-8,10-11H2,1-2H3. The fraction of sp³-hybridized carbons (Fsp3) is 0.600. The average molecular weight is 233 g/mol. The summed E-state index contributed by atoms with van der Waals surface area (Å²) in [6, 6.07) is 6.53. The number of hydrogen-bond donors (Lipinski definition) is 2. The van der Waals surface area contributed by atoms with Crippen molar-refractivity contribution in [1.29, 1.82) is 0 Å². The molecule has 0 aromatic heterocycles. The van der Waals surface area contributed by atoms with Crippen molar-refractivity contribution in [3.05, 3.63) is 34.9 Å². The summed E-state index contributed by atoms with van der Waals surface area (Å²) < 4.78 is 0. The maximum atomic E-state index is 10.2. The predicted octanol–water partition coefficient (Wildman–Crippen LogP) is 2.70. The molecule has 17 heavy (non-hydrogen) atoms. The van der Waals surface area contributed by atoms with Gasteiger partial charge in [-0.25, -0.2) is 0 Å². The third-order valence-electron chi connectivity index (χ3n) is 3.80. The highest BCUT2D eigenvalue weighted by molar-refractivity contribution is 5.30. The van der Waals surface area contributed by atoms with Crippen molar-refractivity contribution in [2.45, 2.75) is 51.7 Å². The summed E-state index contributed by atoms with van der Waals surface area (Å²) in [6.07, 6.45) is 4.24. The summed E-state index contributed by atoms with van der Waals surface area (Å²) in [6.45, 7) is 5.84. The maximum Gasteiger partial charge on any atom is 0.0771 e. The van der Waals surface area contributed by atoms with E-state index in [4.69, 9.17) is 0 Å². The van der Waals surface area contributed by atoms with Crippen LogP contribution in [0.25, 0.3) is 0 Å². The summed E-state index contributed by atoms with van der Waals surface area (Å²) in [5.74, 6) is 0. The molecule has 1 saturated carbocycles. The molecule has 1 fully saturated rings. The Balaban J connectivity index is 1.85. The molecule has 1 aromatic carbocycles. The van der Waals surface area contributed by atoms with E-state index in [0.717, 1.165) is 25.9 Å². The van der Waals surface area contributed by atoms with Crippen LogP contribution in [0.15, 0.2) is 18.2 Å². The first-order chi connectivity index (χ1) is 8.09. The van der Waals surface area contributed by atoms with E-state index in [9.17, 15) is 5.11 Å². The van der Waals surface area contributed by atoms with Crippen molar-refractivity contribution >= 4 is 0 Å². The topological polar surface area (TPSA) is 32.3 Å². The molecule has 0 saturated heterocycles. The number of nitrogens with one attached hydrogen (secondary N) is 1. The fourth-order valence-corrected chi connectivity index (χ4v) is 2.68. The van der Waals surface area contributed by atoms with Gasteiger partial charge in [-0.3, -0.25) is 0 Å². The molecule has 1 aromatic rings. The minimum absolute atomic E-state index is 0.446. The summed E-state index contributed by atoms with van der Waals surface area (Å²) in [5.41, 5.74) is 3.52. The van der Waals surface area contributed by atoms with E-state index >= 15 is 0 Å². The zero-order valence-corrected chi connectivity index (χ0v) is 10.9. The van der Waals surface area contributed by atoms with Crippen LogP contribution in [-0.4, -0.2) is 17.3 Å². The average Bonchev–Trinajstić information content (AvgIpc) is 2.69. The highest BCUT2D eigenvalue weighted by Crippen LogP contribution is 2.28. The molecule has 0 bridgehead atoms. The molecule has 0 spiro atoms. The van der Waals surface area contributed by atoms with Gasteiger partial charge in [-0.2, -0.15) is 0 Å². The van der Waals surface area contributed by atoms with Gasteiger partial charge in [0.1, 0.15) is 0 Å². The van der Waals surface area contributed by atoms with Gasteiger partial charge in [-0.1, -0.05) is 36.6 Å². The van der Waals surface area contributed by atoms with E-state index in [1.165, 1.54) is 29.5 Å². The molecule has 1 aliphatic rings. The summed E-state index contributed by atoms with van der Waals surface area (Å²) in [7, 11) is 0. The van der Waals surface area contributed by atoms with Gasteiger partial charge in [0.25, 0.3) is 0 Å². The van der Waals surface area contributed by atoms with Crippen molar-refractivity contribution in [2.24, 2.45) is 0 Å². The second kappa shape index (κ2) is 5.19. The molecule has 2 heteroatoms. The summed E-state index contributed by atoms with van der Waals surface area (Å²) in [4.78, 5) is 0. The van der Waals surface area contributed by atoms with E-state index in [2.05, 4.69) is 37.4 Å². The van der Waals surface area contributed by atoms with Gasteiger partial charge in [0.15, 0.2) is 0 Å². The van der Waals surface area contributed by atoms with E-state index in [1.54, 1.807) is 0 Å². The molecule has 1 aliphatic carbocycles. The molecule has 0 unspecified atom stereocenters. The molecule has 0 atom stereocenters. The molecule has 0 amide bonds. The van der Waals surface area contributed by atoms with Crippen molar-refractivity contribution in [2.75, 3.05) is 6.54 Å². The Hall–Kier alpha value is -0.860. The molecule has 0 aliphatic heterocycles. The van der Waals surface area contributed by atoms with E-state index in [-0.39, 0.29) is 0 Å². The lowest BCUT2D eigenvalue weighted by Gasteiger charge is -2.22. The van der Waals surface area contributed by atoms with Crippen molar-refractivity contribution < 1.29 is 5.11 Å². The van der Waals surface area contributed by atoms with Crippen LogP contribution in [0, 0.1) is 13.8 Å². The van der Waals surface area contributed by atoms with Crippen molar-refractivity contribution in [3.63, 3.8) is 0 Å².